The molecule has 0 aliphatic carbocycles. The Kier molecular flexibility index (Phi) is 3.64. The summed E-state index contributed by atoms with van der Waals surface area (Å²) in [5, 5.41) is 10.3. The van der Waals surface area contributed by atoms with E-state index in [9.17, 15) is 5.11 Å². The Morgan fingerprint density at radius 1 is 1.11 bits per heavy atom. The highest BCUT2D eigenvalue weighted by Crippen LogP contribution is 2.30. The molecule has 0 amide bonds. The zero-order chi connectivity index (χ0) is 13.3. The van der Waals surface area contributed by atoms with E-state index in [1.165, 1.54) is 5.56 Å². The van der Waals surface area contributed by atoms with E-state index in [0.717, 1.165) is 11.1 Å². The zero-order valence-corrected chi connectivity index (χ0v) is 12.4. The number of furan rings is 1. The molecule has 1 aromatic heterocycles. The lowest BCUT2D eigenvalue weighted by Crippen LogP contribution is -2.11. The quantitative estimate of drug-likeness (QED) is 0.891. The maximum atomic E-state index is 10.3. The molecule has 2 aromatic rings. The van der Waals surface area contributed by atoms with E-state index in [0.29, 0.717) is 4.67 Å². The fourth-order valence-corrected chi connectivity index (χ4v) is 2.30. The van der Waals surface area contributed by atoms with Crippen molar-refractivity contribution in [1.82, 2.24) is 0 Å². The van der Waals surface area contributed by atoms with E-state index in [2.05, 4.69) is 48.8 Å². The van der Waals surface area contributed by atoms with Gasteiger partial charge in [0.25, 0.3) is 0 Å². The molecule has 2 rings (SSSR count). The third-order valence-corrected chi connectivity index (χ3v) is 3.68. The van der Waals surface area contributed by atoms with Crippen LogP contribution < -0.4 is 0 Å². The first-order valence-corrected chi connectivity index (χ1v) is 6.70. The molecule has 18 heavy (non-hydrogen) atoms. The molecule has 0 saturated carbocycles. The number of halogens is 1. The minimum Gasteiger partial charge on any atom is -0.457 e. The van der Waals surface area contributed by atoms with Gasteiger partial charge in [0.1, 0.15) is 6.10 Å². The van der Waals surface area contributed by atoms with Gasteiger partial charge in [0.05, 0.1) is 6.26 Å². The second-order valence-corrected chi connectivity index (χ2v) is 6.14. The van der Waals surface area contributed by atoms with Gasteiger partial charge >= 0.3 is 0 Å². The van der Waals surface area contributed by atoms with E-state index < -0.39 is 6.10 Å². The smallest absolute Gasteiger partial charge is 0.175 e. The van der Waals surface area contributed by atoms with Crippen LogP contribution in [-0.2, 0) is 5.41 Å². The average molecular weight is 309 g/mol. The third kappa shape index (κ3) is 2.68. The Morgan fingerprint density at radius 3 is 2.17 bits per heavy atom. The highest BCUT2D eigenvalue weighted by atomic mass is 79.9. The molecular formula is C15H17BrO2. The molecule has 0 saturated heterocycles. The Hall–Kier alpha value is -1.06. The molecule has 0 aliphatic rings. The fraction of sp³-hybridized carbons (Fsp3) is 0.333. The highest BCUT2D eigenvalue weighted by molar-refractivity contribution is 9.10. The topological polar surface area (TPSA) is 33.4 Å². The molecule has 1 aromatic carbocycles. The van der Waals surface area contributed by atoms with Gasteiger partial charge in [0.15, 0.2) is 4.67 Å². The summed E-state index contributed by atoms with van der Waals surface area (Å²) in [6.45, 7) is 6.52. The van der Waals surface area contributed by atoms with Crippen LogP contribution in [0.15, 0.2) is 45.7 Å². The van der Waals surface area contributed by atoms with E-state index in [-0.39, 0.29) is 5.41 Å². The lowest BCUT2D eigenvalue weighted by molar-refractivity contribution is 0.218. The van der Waals surface area contributed by atoms with Gasteiger partial charge in [-0.1, -0.05) is 45.0 Å². The molecule has 0 fully saturated rings. The van der Waals surface area contributed by atoms with Gasteiger partial charge in [-0.25, -0.2) is 0 Å². The van der Waals surface area contributed by atoms with Gasteiger partial charge < -0.3 is 9.52 Å². The molecule has 0 radical (unpaired) electrons. The van der Waals surface area contributed by atoms with Crippen LogP contribution in [0.4, 0.5) is 0 Å². The summed E-state index contributed by atoms with van der Waals surface area (Å²) in [7, 11) is 0. The minimum atomic E-state index is -0.660. The normalized spacial score (nSPS) is 13.6. The average Bonchev–Trinajstić information content (AvgIpc) is 2.73. The zero-order valence-electron chi connectivity index (χ0n) is 10.8. The summed E-state index contributed by atoms with van der Waals surface area (Å²) < 4.78 is 5.72. The molecule has 1 N–H and O–H groups in total. The van der Waals surface area contributed by atoms with Crippen LogP contribution in [0.5, 0.6) is 0 Å². The molecule has 0 spiro atoms. The Balaban J connectivity index is 2.28. The van der Waals surface area contributed by atoms with Crippen LogP contribution in [0.2, 0.25) is 0 Å². The van der Waals surface area contributed by atoms with Crippen molar-refractivity contribution in [3.8, 4) is 0 Å². The lowest BCUT2D eigenvalue weighted by Gasteiger charge is -2.20. The van der Waals surface area contributed by atoms with Gasteiger partial charge in [0.2, 0.25) is 0 Å². The summed E-state index contributed by atoms with van der Waals surface area (Å²) in [4.78, 5) is 0. The monoisotopic (exact) mass is 308 g/mol. The first kappa shape index (κ1) is 13.4. The Bertz CT molecular complexity index is 520. The van der Waals surface area contributed by atoms with Crippen molar-refractivity contribution in [2.24, 2.45) is 0 Å². The van der Waals surface area contributed by atoms with Crippen LogP contribution in [0.3, 0.4) is 0 Å². The number of aliphatic hydroxyl groups excluding tert-OH is 1. The Morgan fingerprint density at radius 2 is 1.72 bits per heavy atom. The minimum absolute atomic E-state index is 0.125. The van der Waals surface area contributed by atoms with Crippen molar-refractivity contribution >= 4 is 15.9 Å². The van der Waals surface area contributed by atoms with E-state index in [1.807, 2.05) is 12.1 Å². The molecule has 1 atom stereocenters. The van der Waals surface area contributed by atoms with Gasteiger partial charge in [-0.2, -0.15) is 0 Å². The van der Waals surface area contributed by atoms with Crippen molar-refractivity contribution in [1.29, 1.82) is 0 Å². The van der Waals surface area contributed by atoms with Crippen molar-refractivity contribution < 1.29 is 9.52 Å². The first-order valence-electron chi connectivity index (χ1n) is 5.91. The van der Waals surface area contributed by atoms with Crippen LogP contribution in [0.1, 0.15) is 43.6 Å². The summed E-state index contributed by atoms with van der Waals surface area (Å²) in [5.74, 6) is 0. The molecular weight excluding hydrogens is 292 g/mol. The van der Waals surface area contributed by atoms with Crippen LogP contribution in [0.25, 0.3) is 0 Å². The number of rotatable bonds is 2. The van der Waals surface area contributed by atoms with Crippen molar-refractivity contribution in [2.45, 2.75) is 32.3 Å². The molecule has 3 heteroatoms. The van der Waals surface area contributed by atoms with E-state index in [1.54, 1.807) is 12.3 Å². The maximum Gasteiger partial charge on any atom is 0.175 e. The van der Waals surface area contributed by atoms with Crippen LogP contribution in [0, 0.1) is 0 Å². The number of hydrogen-bond donors (Lipinski definition) is 1. The first-order chi connectivity index (χ1) is 8.39. The van der Waals surface area contributed by atoms with Gasteiger partial charge in [-0.05, 0) is 38.5 Å². The summed E-state index contributed by atoms with van der Waals surface area (Å²) in [6.07, 6.45) is 0.902. The largest absolute Gasteiger partial charge is 0.457 e. The Labute approximate surface area is 116 Å². The third-order valence-electron chi connectivity index (χ3n) is 3.03. The fourth-order valence-electron chi connectivity index (χ4n) is 1.84. The van der Waals surface area contributed by atoms with Gasteiger partial charge in [-0.3, -0.25) is 0 Å². The van der Waals surface area contributed by atoms with Gasteiger partial charge in [0, 0.05) is 5.56 Å². The number of aliphatic hydroxyl groups is 1. The summed E-state index contributed by atoms with van der Waals surface area (Å²) >= 11 is 3.28. The standard InChI is InChI=1S/C15H17BrO2/c1-15(2,3)11-6-4-10(5-7-11)13(17)12-8-9-18-14(12)16/h4-9,13,17H,1-3H3. The number of benzene rings is 1. The lowest BCUT2D eigenvalue weighted by atomic mass is 9.86. The highest BCUT2D eigenvalue weighted by Gasteiger charge is 2.18. The molecule has 1 heterocycles. The maximum absolute atomic E-state index is 10.3. The second kappa shape index (κ2) is 4.90. The van der Waals surface area contributed by atoms with E-state index in [4.69, 9.17) is 4.42 Å². The van der Waals surface area contributed by atoms with Crippen molar-refractivity contribution in [2.75, 3.05) is 0 Å². The van der Waals surface area contributed by atoms with Gasteiger partial charge in [-0.15, -0.1) is 0 Å². The van der Waals surface area contributed by atoms with Crippen LogP contribution in [-0.4, -0.2) is 5.11 Å². The van der Waals surface area contributed by atoms with Crippen molar-refractivity contribution in [3.63, 3.8) is 0 Å². The summed E-state index contributed by atoms with van der Waals surface area (Å²) in [6, 6.07) is 9.82. The van der Waals surface area contributed by atoms with Crippen molar-refractivity contribution in [3.05, 3.63) is 58.0 Å². The van der Waals surface area contributed by atoms with Crippen LogP contribution >= 0.6 is 15.9 Å². The molecule has 2 nitrogen and oxygen atoms in total. The second-order valence-electron chi connectivity index (χ2n) is 5.42. The number of hydrogen-bond acceptors (Lipinski definition) is 2. The molecule has 1 unspecified atom stereocenters. The predicted octanol–water partition coefficient (Wildman–Crippen LogP) is 4.42. The van der Waals surface area contributed by atoms with E-state index >= 15 is 0 Å². The predicted molar refractivity (Wildman–Crippen MR) is 75.6 cm³/mol. The molecule has 0 bridgehead atoms. The SMILES string of the molecule is CC(C)(C)c1ccc(C(O)c2ccoc2Br)cc1. The molecule has 96 valence electrons. The molecule has 0 aliphatic heterocycles. The summed E-state index contributed by atoms with van der Waals surface area (Å²) in [5.41, 5.74) is 2.99.